The van der Waals surface area contributed by atoms with Crippen LogP contribution in [-0.4, -0.2) is 49.3 Å². The fraction of sp³-hybridized carbons (Fsp3) is 1.00. The van der Waals surface area contributed by atoms with Crippen molar-refractivity contribution in [3.63, 3.8) is 0 Å². The molecule has 1 saturated heterocycles. The molecule has 0 amide bonds. The topological polar surface area (TPSA) is 24.5 Å². The molecule has 3 unspecified atom stereocenters. The van der Waals surface area contributed by atoms with Crippen LogP contribution in [-0.2, 0) is 4.74 Å². The Balaban J connectivity index is 2.23. The minimum Gasteiger partial charge on any atom is -0.372 e. The van der Waals surface area contributed by atoms with Gasteiger partial charge in [-0.3, -0.25) is 0 Å². The predicted molar refractivity (Wildman–Crippen MR) is 82.6 cm³/mol. The maximum absolute atomic E-state index is 6.13. The molecule has 1 aliphatic heterocycles. The third kappa shape index (κ3) is 6.73. The van der Waals surface area contributed by atoms with E-state index in [0.717, 1.165) is 19.0 Å². The van der Waals surface area contributed by atoms with Crippen LogP contribution in [0.15, 0.2) is 0 Å². The van der Waals surface area contributed by atoms with Gasteiger partial charge < -0.3 is 15.0 Å². The van der Waals surface area contributed by atoms with E-state index in [-0.39, 0.29) is 0 Å². The number of nitrogens with one attached hydrogen (secondary N) is 1. The minimum atomic E-state index is 0.418. The summed E-state index contributed by atoms with van der Waals surface area (Å²) >= 11 is 0. The number of ether oxygens (including phenoxy) is 1. The fourth-order valence-electron chi connectivity index (χ4n) is 2.79. The molecule has 3 heteroatoms. The monoisotopic (exact) mass is 270 g/mol. The van der Waals surface area contributed by atoms with Crippen molar-refractivity contribution in [1.82, 2.24) is 10.2 Å². The summed E-state index contributed by atoms with van der Waals surface area (Å²) in [6, 6.07) is 1.20. The van der Waals surface area contributed by atoms with Crippen molar-refractivity contribution in [2.45, 2.75) is 78.2 Å². The van der Waals surface area contributed by atoms with E-state index in [2.05, 4.69) is 51.9 Å². The Morgan fingerprint density at radius 3 is 2.32 bits per heavy atom. The van der Waals surface area contributed by atoms with E-state index in [0.29, 0.717) is 24.3 Å². The quantitative estimate of drug-likeness (QED) is 0.734. The van der Waals surface area contributed by atoms with Crippen molar-refractivity contribution in [1.29, 1.82) is 0 Å². The molecule has 114 valence electrons. The van der Waals surface area contributed by atoms with E-state index >= 15 is 0 Å². The second kappa shape index (κ2) is 8.23. The highest BCUT2D eigenvalue weighted by atomic mass is 16.5. The zero-order chi connectivity index (χ0) is 14.4. The van der Waals surface area contributed by atoms with Crippen molar-refractivity contribution in [3.8, 4) is 0 Å². The molecule has 1 heterocycles. The largest absolute Gasteiger partial charge is 0.372 e. The summed E-state index contributed by atoms with van der Waals surface area (Å²) in [6.07, 6.45) is 4.53. The van der Waals surface area contributed by atoms with Gasteiger partial charge in [0.2, 0.25) is 0 Å². The molecule has 3 nitrogen and oxygen atoms in total. The molecule has 1 N–H and O–H groups in total. The summed E-state index contributed by atoms with van der Waals surface area (Å²) in [7, 11) is 2.23. The molecule has 0 radical (unpaired) electrons. The van der Waals surface area contributed by atoms with Gasteiger partial charge in [-0.15, -0.1) is 0 Å². The maximum atomic E-state index is 6.13. The number of hydrogen-bond acceptors (Lipinski definition) is 3. The molecule has 0 spiro atoms. The standard InChI is InChI=1S/C16H34N2O/c1-12(2)9-14(5)18(6)11-16-8-7-15(19-16)10-17-13(3)4/h12-17H,7-11H2,1-6H3. The van der Waals surface area contributed by atoms with Gasteiger partial charge in [-0.2, -0.15) is 0 Å². The third-order valence-electron chi connectivity index (χ3n) is 4.01. The van der Waals surface area contributed by atoms with Crippen LogP contribution in [0.25, 0.3) is 0 Å². The van der Waals surface area contributed by atoms with Crippen LogP contribution in [0.4, 0.5) is 0 Å². The Kier molecular flexibility index (Phi) is 7.33. The molecule has 0 aromatic heterocycles. The molecule has 1 aliphatic rings. The van der Waals surface area contributed by atoms with Gasteiger partial charge in [-0.1, -0.05) is 27.7 Å². The predicted octanol–water partition coefficient (Wildman–Crippen LogP) is 2.90. The first-order valence-electron chi connectivity index (χ1n) is 7.97. The average molecular weight is 270 g/mol. The highest BCUT2D eigenvalue weighted by Crippen LogP contribution is 2.21. The Morgan fingerprint density at radius 1 is 1.11 bits per heavy atom. The molecule has 19 heavy (non-hydrogen) atoms. The molecule has 1 fully saturated rings. The van der Waals surface area contributed by atoms with E-state index < -0.39 is 0 Å². The summed E-state index contributed by atoms with van der Waals surface area (Å²) in [5.74, 6) is 0.768. The lowest BCUT2D eigenvalue weighted by atomic mass is 10.0. The summed E-state index contributed by atoms with van der Waals surface area (Å²) in [5, 5.41) is 3.47. The van der Waals surface area contributed by atoms with Gasteiger partial charge in [-0.25, -0.2) is 0 Å². The number of rotatable bonds is 8. The van der Waals surface area contributed by atoms with E-state index in [4.69, 9.17) is 4.74 Å². The van der Waals surface area contributed by atoms with Gasteiger partial charge in [0.15, 0.2) is 0 Å². The van der Waals surface area contributed by atoms with Crippen LogP contribution in [0.2, 0.25) is 0 Å². The molecule has 0 aromatic carbocycles. The van der Waals surface area contributed by atoms with Gasteiger partial charge >= 0.3 is 0 Å². The van der Waals surface area contributed by atoms with Crippen molar-refractivity contribution < 1.29 is 4.74 Å². The van der Waals surface area contributed by atoms with Crippen LogP contribution in [0, 0.1) is 5.92 Å². The highest BCUT2D eigenvalue weighted by molar-refractivity contribution is 4.79. The number of likely N-dealkylation sites (N-methyl/N-ethyl adjacent to an activating group) is 1. The average Bonchev–Trinajstić information content (AvgIpc) is 2.73. The second-order valence-electron chi connectivity index (χ2n) is 6.94. The lowest BCUT2D eigenvalue weighted by Crippen LogP contribution is -2.37. The smallest absolute Gasteiger partial charge is 0.0707 e. The van der Waals surface area contributed by atoms with Crippen LogP contribution >= 0.6 is 0 Å². The summed E-state index contributed by atoms with van der Waals surface area (Å²) in [4.78, 5) is 2.46. The van der Waals surface area contributed by atoms with E-state index in [9.17, 15) is 0 Å². The molecular weight excluding hydrogens is 236 g/mol. The molecule has 0 aliphatic carbocycles. The Labute approximate surface area is 120 Å². The Morgan fingerprint density at radius 2 is 1.74 bits per heavy atom. The van der Waals surface area contributed by atoms with Crippen molar-refractivity contribution in [2.75, 3.05) is 20.1 Å². The van der Waals surface area contributed by atoms with Gasteiger partial charge in [-0.05, 0) is 39.2 Å². The van der Waals surface area contributed by atoms with Crippen LogP contribution in [0.3, 0.4) is 0 Å². The van der Waals surface area contributed by atoms with Crippen LogP contribution < -0.4 is 5.32 Å². The number of nitrogens with zero attached hydrogens (tertiary/aromatic N) is 1. The van der Waals surface area contributed by atoms with Gasteiger partial charge in [0.1, 0.15) is 0 Å². The van der Waals surface area contributed by atoms with Gasteiger partial charge in [0, 0.05) is 25.2 Å². The third-order valence-corrected chi connectivity index (χ3v) is 4.01. The zero-order valence-electron chi connectivity index (χ0n) is 13.8. The molecule has 0 bridgehead atoms. The molecule has 0 aromatic rings. The van der Waals surface area contributed by atoms with Crippen LogP contribution in [0.1, 0.15) is 53.9 Å². The van der Waals surface area contributed by atoms with E-state index in [1.165, 1.54) is 19.3 Å². The first-order valence-corrected chi connectivity index (χ1v) is 7.97. The van der Waals surface area contributed by atoms with Crippen molar-refractivity contribution in [2.24, 2.45) is 5.92 Å². The summed E-state index contributed by atoms with van der Waals surface area (Å²) in [6.45, 7) is 13.4. The lowest BCUT2D eigenvalue weighted by molar-refractivity contribution is 0.0196. The van der Waals surface area contributed by atoms with Gasteiger partial charge in [0.25, 0.3) is 0 Å². The highest BCUT2D eigenvalue weighted by Gasteiger charge is 2.27. The molecule has 0 saturated carbocycles. The van der Waals surface area contributed by atoms with Crippen molar-refractivity contribution >= 4 is 0 Å². The SMILES string of the molecule is CC(C)CC(C)N(C)CC1CCC(CNC(C)C)O1. The first-order chi connectivity index (χ1) is 8.88. The lowest BCUT2D eigenvalue weighted by Gasteiger charge is -2.28. The van der Waals surface area contributed by atoms with E-state index in [1.54, 1.807) is 0 Å². The normalized spacial score (nSPS) is 25.7. The summed E-state index contributed by atoms with van der Waals surface area (Å²) in [5.41, 5.74) is 0. The fourth-order valence-corrected chi connectivity index (χ4v) is 2.79. The summed E-state index contributed by atoms with van der Waals surface area (Å²) < 4.78 is 6.13. The second-order valence-corrected chi connectivity index (χ2v) is 6.94. The number of hydrogen-bond donors (Lipinski definition) is 1. The maximum Gasteiger partial charge on any atom is 0.0707 e. The van der Waals surface area contributed by atoms with E-state index in [1.807, 2.05) is 0 Å². The van der Waals surface area contributed by atoms with Gasteiger partial charge in [0.05, 0.1) is 12.2 Å². The van der Waals surface area contributed by atoms with Crippen molar-refractivity contribution in [3.05, 3.63) is 0 Å². The Bertz CT molecular complexity index is 243. The minimum absolute atomic E-state index is 0.418. The van der Waals surface area contributed by atoms with Crippen LogP contribution in [0.5, 0.6) is 0 Å². The first kappa shape index (κ1) is 16.9. The molecule has 1 rings (SSSR count). The molecular formula is C16H34N2O. The Hall–Kier alpha value is -0.120. The zero-order valence-corrected chi connectivity index (χ0v) is 13.8. The molecule has 3 atom stereocenters.